The molecule has 80 valence electrons. The van der Waals surface area contributed by atoms with Gasteiger partial charge in [0.2, 0.25) is 0 Å². The van der Waals surface area contributed by atoms with Crippen LogP contribution in [-0.2, 0) is 17.9 Å². The SMILES string of the molecule is CCC(=O)O.NCc1conc1CO. The van der Waals surface area contributed by atoms with Gasteiger partial charge in [-0.1, -0.05) is 12.1 Å². The molecule has 14 heavy (non-hydrogen) atoms. The summed E-state index contributed by atoms with van der Waals surface area (Å²) in [5.74, 6) is -0.745. The van der Waals surface area contributed by atoms with Crippen molar-refractivity contribution in [2.24, 2.45) is 5.73 Å². The Labute approximate surface area is 81.3 Å². The smallest absolute Gasteiger partial charge is 0.303 e. The third-order valence-corrected chi connectivity index (χ3v) is 1.40. The molecule has 0 atom stereocenters. The second-order valence-electron chi connectivity index (χ2n) is 2.40. The first-order valence-electron chi connectivity index (χ1n) is 4.10. The number of rotatable bonds is 3. The van der Waals surface area contributed by atoms with Crippen molar-refractivity contribution in [2.45, 2.75) is 26.5 Å². The Kier molecular flexibility index (Phi) is 6.34. The molecule has 0 saturated heterocycles. The summed E-state index contributed by atoms with van der Waals surface area (Å²) in [5, 5.41) is 19.8. The van der Waals surface area contributed by atoms with E-state index < -0.39 is 5.97 Å². The summed E-state index contributed by atoms with van der Waals surface area (Å²) < 4.78 is 4.54. The average Bonchev–Trinajstić information content (AvgIpc) is 2.65. The van der Waals surface area contributed by atoms with Crippen LogP contribution in [0.25, 0.3) is 0 Å². The number of hydrogen-bond donors (Lipinski definition) is 3. The van der Waals surface area contributed by atoms with Crippen LogP contribution in [0.15, 0.2) is 10.8 Å². The van der Waals surface area contributed by atoms with Crippen molar-refractivity contribution < 1.29 is 19.5 Å². The average molecular weight is 202 g/mol. The van der Waals surface area contributed by atoms with Gasteiger partial charge in [0.15, 0.2) is 0 Å². The van der Waals surface area contributed by atoms with Crippen LogP contribution < -0.4 is 5.73 Å². The highest BCUT2D eigenvalue weighted by Gasteiger charge is 2.02. The Bertz CT molecular complexity index is 254. The molecule has 0 fully saturated rings. The molecule has 1 heterocycles. The number of nitrogens with two attached hydrogens (primary N) is 1. The molecule has 0 aliphatic heterocycles. The van der Waals surface area contributed by atoms with Gasteiger partial charge in [-0.25, -0.2) is 0 Å². The highest BCUT2D eigenvalue weighted by molar-refractivity contribution is 5.66. The summed E-state index contributed by atoms with van der Waals surface area (Å²) in [6, 6.07) is 0. The van der Waals surface area contributed by atoms with Crippen molar-refractivity contribution in [2.75, 3.05) is 0 Å². The lowest BCUT2D eigenvalue weighted by Crippen LogP contribution is -1.98. The third-order valence-electron chi connectivity index (χ3n) is 1.40. The summed E-state index contributed by atoms with van der Waals surface area (Å²) in [5.41, 5.74) is 6.55. The topological polar surface area (TPSA) is 110 Å². The zero-order valence-electron chi connectivity index (χ0n) is 7.93. The van der Waals surface area contributed by atoms with Crippen LogP contribution in [-0.4, -0.2) is 21.3 Å². The number of aliphatic carboxylic acids is 1. The van der Waals surface area contributed by atoms with E-state index in [9.17, 15) is 4.79 Å². The molecule has 6 heteroatoms. The van der Waals surface area contributed by atoms with Gasteiger partial charge in [-0.15, -0.1) is 0 Å². The van der Waals surface area contributed by atoms with Crippen LogP contribution in [0.1, 0.15) is 24.6 Å². The molecule has 0 aliphatic rings. The van der Waals surface area contributed by atoms with Gasteiger partial charge in [0.25, 0.3) is 0 Å². The van der Waals surface area contributed by atoms with Gasteiger partial charge in [0.05, 0.1) is 6.61 Å². The number of hydrogen-bond acceptors (Lipinski definition) is 5. The van der Waals surface area contributed by atoms with E-state index >= 15 is 0 Å². The number of aromatic nitrogens is 1. The number of carboxylic acids is 1. The van der Waals surface area contributed by atoms with E-state index in [-0.39, 0.29) is 13.0 Å². The first kappa shape index (κ1) is 12.6. The maximum absolute atomic E-state index is 9.37. The van der Waals surface area contributed by atoms with Crippen LogP contribution in [0.5, 0.6) is 0 Å². The van der Waals surface area contributed by atoms with E-state index in [1.165, 1.54) is 6.26 Å². The zero-order chi connectivity index (χ0) is 11.0. The number of aliphatic hydroxyl groups is 1. The fourth-order valence-electron chi connectivity index (χ4n) is 0.577. The summed E-state index contributed by atoms with van der Waals surface area (Å²) in [4.78, 5) is 9.37. The van der Waals surface area contributed by atoms with Gasteiger partial charge in [-0.2, -0.15) is 0 Å². The Morgan fingerprint density at radius 2 is 2.29 bits per heavy atom. The summed E-state index contributed by atoms with van der Waals surface area (Å²) >= 11 is 0. The fourth-order valence-corrected chi connectivity index (χ4v) is 0.577. The molecule has 0 saturated carbocycles. The quantitative estimate of drug-likeness (QED) is 0.641. The fraction of sp³-hybridized carbons (Fsp3) is 0.500. The third kappa shape index (κ3) is 4.58. The van der Waals surface area contributed by atoms with Crippen molar-refractivity contribution in [3.63, 3.8) is 0 Å². The minimum absolute atomic E-state index is 0.108. The standard InChI is InChI=1S/C5H8N2O2.C3H6O2/c6-1-4-3-9-7-5(4)2-8;1-2-3(4)5/h3,8H,1-2,6H2;2H2,1H3,(H,4,5). The lowest BCUT2D eigenvalue weighted by atomic mass is 10.3. The number of aliphatic hydroxyl groups excluding tert-OH is 1. The van der Waals surface area contributed by atoms with Gasteiger partial charge >= 0.3 is 5.97 Å². The molecular weight excluding hydrogens is 188 g/mol. The molecule has 1 aromatic rings. The number of nitrogens with zero attached hydrogens (tertiary/aromatic N) is 1. The Balaban J connectivity index is 0.000000292. The van der Waals surface area contributed by atoms with Gasteiger partial charge in [0, 0.05) is 18.5 Å². The predicted octanol–water partition coefficient (Wildman–Crippen LogP) is 0.107. The van der Waals surface area contributed by atoms with Gasteiger partial charge in [0.1, 0.15) is 12.0 Å². The molecule has 0 aliphatic carbocycles. The van der Waals surface area contributed by atoms with E-state index in [4.69, 9.17) is 15.9 Å². The van der Waals surface area contributed by atoms with Crippen molar-refractivity contribution in [3.8, 4) is 0 Å². The summed E-state index contributed by atoms with van der Waals surface area (Å²) in [7, 11) is 0. The highest BCUT2D eigenvalue weighted by Crippen LogP contribution is 2.03. The van der Waals surface area contributed by atoms with Gasteiger partial charge in [-0.05, 0) is 0 Å². The molecule has 6 nitrogen and oxygen atoms in total. The van der Waals surface area contributed by atoms with E-state index in [0.29, 0.717) is 12.2 Å². The zero-order valence-corrected chi connectivity index (χ0v) is 7.93. The lowest BCUT2D eigenvalue weighted by Gasteiger charge is -1.88. The minimum atomic E-state index is -0.745. The second kappa shape index (κ2) is 7.05. The minimum Gasteiger partial charge on any atom is -0.481 e. The van der Waals surface area contributed by atoms with Crippen LogP contribution in [0.4, 0.5) is 0 Å². The molecule has 0 unspecified atom stereocenters. The largest absolute Gasteiger partial charge is 0.481 e. The monoisotopic (exact) mass is 202 g/mol. The number of carboxylic acid groups (broad SMARTS) is 1. The van der Waals surface area contributed by atoms with E-state index in [1.54, 1.807) is 6.92 Å². The van der Waals surface area contributed by atoms with Crippen molar-refractivity contribution >= 4 is 5.97 Å². The Hall–Kier alpha value is -1.40. The van der Waals surface area contributed by atoms with Crippen molar-refractivity contribution in [1.82, 2.24) is 5.16 Å². The molecular formula is C8H14N2O4. The van der Waals surface area contributed by atoms with Crippen LogP contribution in [0, 0.1) is 0 Å². The van der Waals surface area contributed by atoms with Crippen LogP contribution in [0.3, 0.4) is 0 Å². The van der Waals surface area contributed by atoms with Gasteiger partial charge in [-0.3, -0.25) is 4.79 Å². The van der Waals surface area contributed by atoms with Gasteiger partial charge < -0.3 is 20.5 Å². The molecule has 1 aromatic heterocycles. The molecule has 0 spiro atoms. The van der Waals surface area contributed by atoms with E-state index in [0.717, 1.165) is 5.56 Å². The van der Waals surface area contributed by atoms with Crippen LogP contribution in [0.2, 0.25) is 0 Å². The highest BCUT2D eigenvalue weighted by atomic mass is 16.5. The molecule has 4 N–H and O–H groups in total. The molecule has 0 bridgehead atoms. The van der Waals surface area contributed by atoms with Crippen LogP contribution >= 0.6 is 0 Å². The first-order valence-corrected chi connectivity index (χ1v) is 4.10. The number of carbonyl (C=O) groups is 1. The van der Waals surface area contributed by atoms with Crippen molar-refractivity contribution in [1.29, 1.82) is 0 Å². The van der Waals surface area contributed by atoms with E-state index in [1.807, 2.05) is 0 Å². The second-order valence-corrected chi connectivity index (χ2v) is 2.40. The maximum atomic E-state index is 9.37. The van der Waals surface area contributed by atoms with E-state index in [2.05, 4.69) is 9.68 Å². The Morgan fingerprint density at radius 1 is 1.71 bits per heavy atom. The predicted molar refractivity (Wildman–Crippen MR) is 48.2 cm³/mol. The summed E-state index contributed by atoms with van der Waals surface area (Å²) in [6.45, 7) is 1.85. The summed E-state index contributed by atoms with van der Waals surface area (Å²) in [6.07, 6.45) is 1.66. The maximum Gasteiger partial charge on any atom is 0.303 e. The normalized spacial score (nSPS) is 9.07. The first-order chi connectivity index (χ1) is 6.65. The Morgan fingerprint density at radius 3 is 2.57 bits per heavy atom. The molecule has 0 amide bonds. The molecule has 1 rings (SSSR count). The van der Waals surface area contributed by atoms with Crippen molar-refractivity contribution in [3.05, 3.63) is 17.5 Å². The lowest BCUT2D eigenvalue weighted by molar-refractivity contribution is -0.136. The molecule has 0 radical (unpaired) electrons. The molecule has 0 aromatic carbocycles.